The van der Waals surface area contributed by atoms with E-state index in [2.05, 4.69) is 15.5 Å². The average Bonchev–Trinajstić information content (AvgIpc) is 3.08. The summed E-state index contributed by atoms with van der Waals surface area (Å²) in [6, 6.07) is 6.21. The van der Waals surface area contributed by atoms with Crippen LogP contribution in [0.3, 0.4) is 0 Å². The lowest BCUT2D eigenvalue weighted by Gasteiger charge is -2.19. The Morgan fingerprint density at radius 2 is 2.00 bits per heavy atom. The molecule has 2 N–H and O–H groups in total. The van der Waals surface area contributed by atoms with Gasteiger partial charge in [0.25, 0.3) is 0 Å². The Kier molecular flexibility index (Phi) is 7.15. The van der Waals surface area contributed by atoms with Crippen LogP contribution in [0, 0.1) is 5.92 Å². The Morgan fingerprint density at radius 3 is 2.62 bits per heavy atom. The summed E-state index contributed by atoms with van der Waals surface area (Å²) in [5.41, 5.74) is 0.792. The summed E-state index contributed by atoms with van der Waals surface area (Å²) in [6.07, 6.45) is 1.79. The molecule has 0 saturated heterocycles. The summed E-state index contributed by atoms with van der Waals surface area (Å²) >= 11 is 5.85. The van der Waals surface area contributed by atoms with E-state index in [1.807, 2.05) is 6.92 Å². The number of hydrogen-bond acceptors (Lipinski definition) is 5. The fraction of sp³-hybridized carbons (Fsp3) is 0.444. The van der Waals surface area contributed by atoms with Gasteiger partial charge in [0.15, 0.2) is 0 Å². The molecular formula is C18H22ClN3O4. The molecule has 1 aromatic heterocycles. The quantitative estimate of drug-likeness (QED) is 0.692. The fourth-order valence-electron chi connectivity index (χ4n) is 2.40. The maximum absolute atomic E-state index is 12.0. The molecular weight excluding hydrogens is 358 g/mol. The minimum atomic E-state index is -1.02. The van der Waals surface area contributed by atoms with E-state index < -0.39 is 12.0 Å². The molecule has 2 atom stereocenters. The normalized spacial score (nSPS) is 13.2. The molecule has 0 radical (unpaired) electrons. The molecule has 0 spiro atoms. The number of carbonyl (C=O) groups is 2. The van der Waals surface area contributed by atoms with E-state index in [-0.39, 0.29) is 18.2 Å². The van der Waals surface area contributed by atoms with Crippen molar-refractivity contribution in [1.82, 2.24) is 15.5 Å². The van der Waals surface area contributed by atoms with Gasteiger partial charge in [-0.2, -0.15) is 4.98 Å². The average molecular weight is 380 g/mol. The molecule has 0 aliphatic carbocycles. The Balaban J connectivity index is 1.83. The van der Waals surface area contributed by atoms with E-state index in [9.17, 15) is 14.7 Å². The lowest BCUT2D eigenvalue weighted by molar-refractivity contribution is -0.143. The number of rotatable bonds is 9. The molecule has 2 rings (SSSR count). The highest BCUT2D eigenvalue weighted by Gasteiger charge is 2.25. The van der Waals surface area contributed by atoms with Crippen LogP contribution in [-0.2, 0) is 16.0 Å². The minimum Gasteiger partial charge on any atom is -0.480 e. The zero-order valence-corrected chi connectivity index (χ0v) is 15.5. The highest BCUT2D eigenvalue weighted by molar-refractivity contribution is 6.30. The number of amides is 1. The van der Waals surface area contributed by atoms with Gasteiger partial charge < -0.3 is 14.9 Å². The SMILES string of the molecule is CC[C@H](C)[C@H](NC(=O)CCCc1nc(-c2ccc(Cl)cc2)no1)C(=O)O. The van der Waals surface area contributed by atoms with Gasteiger partial charge in [0.2, 0.25) is 17.6 Å². The van der Waals surface area contributed by atoms with Crippen LogP contribution in [0.4, 0.5) is 0 Å². The molecule has 0 bridgehead atoms. The highest BCUT2D eigenvalue weighted by atomic mass is 35.5. The molecule has 0 aliphatic heterocycles. The van der Waals surface area contributed by atoms with Crippen LogP contribution < -0.4 is 5.32 Å². The van der Waals surface area contributed by atoms with Crippen LogP contribution in [0.25, 0.3) is 11.4 Å². The van der Waals surface area contributed by atoms with E-state index in [0.29, 0.717) is 36.0 Å². The first-order chi connectivity index (χ1) is 12.4. The van der Waals surface area contributed by atoms with Gasteiger partial charge in [0.1, 0.15) is 6.04 Å². The second-order valence-electron chi connectivity index (χ2n) is 6.14. The van der Waals surface area contributed by atoms with Gasteiger partial charge in [-0.3, -0.25) is 4.79 Å². The minimum absolute atomic E-state index is 0.130. The molecule has 0 unspecified atom stereocenters. The van der Waals surface area contributed by atoms with Crippen molar-refractivity contribution in [3.8, 4) is 11.4 Å². The first-order valence-corrected chi connectivity index (χ1v) is 8.89. The summed E-state index contributed by atoms with van der Waals surface area (Å²) < 4.78 is 5.19. The van der Waals surface area contributed by atoms with Crippen molar-refractivity contribution < 1.29 is 19.2 Å². The standard InChI is InChI=1S/C18H22ClN3O4/c1-3-11(2)16(18(24)25)20-14(23)5-4-6-15-21-17(22-26-15)12-7-9-13(19)10-8-12/h7-11,16H,3-6H2,1-2H3,(H,20,23)(H,24,25)/t11-,16-/m0/s1. The van der Waals surface area contributed by atoms with Crippen molar-refractivity contribution in [2.75, 3.05) is 0 Å². The maximum atomic E-state index is 12.0. The number of aliphatic carboxylic acids is 1. The predicted molar refractivity (Wildman–Crippen MR) is 96.7 cm³/mol. The molecule has 2 aromatic rings. The van der Waals surface area contributed by atoms with Gasteiger partial charge in [-0.05, 0) is 36.6 Å². The molecule has 1 amide bonds. The van der Waals surface area contributed by atoms with Gasteiger partial charge in [-0.1, -0.05) is 37.0 Å². The van der Waals surface area contributed by atoms with Gasteiger partial charge >= 0.3 is 5.97 Å². The van der Waals surface area contributed by atoms with Crippen LogP contribution in [0.5, 0.6) is 0 Å². The van der Waals surface area contributed by atoms with E-state index in [0.717, 1.165) is 5.56 Å². The van der Waals surface area contributed by atoms with E-state index in [1.54, 1.807) is 31.2 Å². The number of carbonyl (C=O) groups excluding carboxylic acids is 1. The lowest BCUT2D eigenvalue weighted by atomic mass is 9.99. The predicted octanol–water partition coefficient (Wildman–Crippen LogP) is 3.33. The number of carboxylic acids is 1. The number of nitrogens with zero attached hydrogens (tertiary/aromatic N) is 2. The summed E-state index contributed by atoms with van der Waals surface area (Å²) in [5.74, 6) is -0.551. The topological polar surface area (TPSA) is 105 Å². The van der Waals surface area contributed by atoms with Crippen molar-refractivity contribution in [1.29, 1.82) is 0 Å². The van der Waals surface area contributed by atoms with Crippen LogP contribution in [-0.4, -0.2) is 33.2 Å². The molecule has 140 valence electrons. The van der Waals surface area contributed by atoms with Crippen molar-refractivity contribution in [3.05, 3.63) is 35.2 Å². The van der Waals surface area contributed by atoms with Crippen LogP contribution in [0.1, 0.15) is 39.0 Å². The number of aromatic nitrogens is 2. The first-order valence-electron chi connectivity index (χ1n) is 8.51. The van der Waals surface area contributed by atoms with Crippen LogP contribution in [0.15, 0.2) is 28.8 Å². The third-order valence-electron chi connectivity index (χ3n) is 4.16. The van der Waals surface area contributed by atoms with Crippen molar-refractivity contribution in [2.24, 2.45) is 5.92 Å². The summed E-state index contributed by atoms with van der Waals surface area (Å²) in [5, 5.41) is 16.3. The van der Waals surface area contributed by atoms with Gasteiger partial charge in [0, 0.05) is 23.4 Å². The Morgan fingerprint density at radius 1 is 1.31 bits per heavy atom. The van der Waals surface area contributed by atoms with Crippen LogP contribution in [0.2, 0.25) is 5.02 Å². The number of halogens is 1. The van der Waals surface area contributed by atoms with E-state index in [1.165, 1.54) is 0 Å². The zero-order valence-electron chi connectivity index (χ0n) is 14.7. The van der Waals surface area contributed by atoms with Crippen molar-refractivity contribution >= 4 is 23.5 Å². The molecule has 0 aliphatic rings. The molecule has 8 heteroatoms. The lowest BCUT2D eigenvalue weighted by Crippen LogP contribution is -2.44. The Hall–Kier alpha value is -2.41. The Bertz CT molecular complexity index is 745. The first kappa shape index (κ1) is 19.9. The number of benzene rings is 1. The number of nitrogens with one attached hydrogen (secondary N) is 1. The summed E-state index contributed by atoms with van der Waals surface area (Å²) in [6.45, 7) is 3.69. The smallest absolute Gasteiger partial charge is 0.326 e. The van der Waals surface area contributed by atoms with Crippen molar-refractivity contribution in [2.45, 2.75) is 45.6 Å². The number of carboxylic acid groups (broad SMARTS) is 1. The molecule has 0 saturated carbocycles. The van der Waals surface area contributed by atoms with Crippen molar-refractivity contribution in [3.63, 3.8) is 0 Å². The third-order valence-corrected chi connectivity index (χ3v) is 4.41. The van der Waals surface area contributed by atoms with E-state index >= 15 is 0 Å². The highest BCUT2D eigenvalue weighted by Crippen LogP contribution is 2.19. The van der Waals surface area contributed by atoms with Gasteiger partial charge in [0.05, 0.1) is 0 Å². The Labute approximate surface area is 156 Å². The molecule has 7 nitrogen and oxygen atoms in total. The molecule has 1 heterocycles. The van der Waals surface area contributed by atoms with E-state index in [4.69, 9.17) is 16.1 Å². The zero-order chi connectivity index (χ0) is 19.1. The number of hydrogen-bond donors (Lipinski definition) is 2. The fourth-order valence-corrected chi connectivity index (χ4v) is 2.53. The molecule has 26 heavy (non-hydrogen) atoms. The monoisotopic (exact) mass is 379 g/mol. The van der Waals surface area contributed by atoms with Gasteiger partial charge in [-0.15, -0.1) is 0 Å². The molecule has 1 aromatic carbocycles. The third kappa shape index (κ3) is 5.56. The summed E-state index contributed by atoms with van der Waals surface area (Å²) in [4.78, 5) is 27.5. The molecule has 0 fully saturated rings. The number of aryl methyl sites for hydroxylation is 1. The van der Waals surface area contributed by atoms with Gasteiger partial charge in [-0.25, -0.2) is 4.79 Å². The second kappa shape index (κ2) is 9.33. The second-order valence-corrected chi connectivity index (χ2v) is 6.58. The van der Waals surface area contributed by atoms with Crippen LogP contribution >= 0.6 is 11.6 Å². The maximum Gasteiger partial charge on any atom is 0.326 e. The largest absolute Gasteiger partial charge is 0.480 e. The summed E-state index contributed by atoms with van der Waals surface area (Å²) in [7, 11) is 0.